The Labute approximate surface area is 94.1 Å². The maximum atomic E-state index is 10.7. The maximum absolute atomic E-state index is 10.7. The van der Waals surface area contributed by atoms with Crippen LogP contribution in [0.2, 0.25) is 0 Å². The molecule has 0 aliphatic heterocycles. The molecule has 0 saturated carbocycles. The monoisotopic (exact) mass is 222 g/mol. The highest BCUT2D eigenvalue weighted by Gasteiger charge is 2.07. The van der Waals surface area contributed by atoms with E-state index >= 15 is 0 Å². The highest BCUT2D eigenvalue weighted by Crippen LogP contribution is 2.08. The fourth-order valence-corrected chi connectivity index (χ4v) is 0.995. The molecule has 86 valence electrons. The number of benzene rings is 1. The van der Waals surface area contributed by atoms with Crippen LogP contribution in [0.3, 0.4) is 0 Å². The average molecular weight is 222 g/mol. The van der Waals surface area contributed by atoms with Crippen LogP contribution in [-0.2, 0) is 9.53 Å². The third-order valence-corrected chi connectivity index (χ3v) is 1.77. The van der Waals surface area contributed by atoms with E-state index in [9.17, 15) is 9.90 Å². The Morgan fingerprint density at radius 2 is 2.06 bits per heavy atom. The summed E-state index contributed by atoms with van der Waals surface area (Å²) in [5.41, 5.74) is 0. The van der Waals surface area contributed by atoms with E-state index in [0.29, 0.717) is 5.75 Å². The van der Waals surface area contributed by atoms with Crippen LogP contribution in [0.4, 0.5) is 0 Å². The zero-order chi connectivity index (χ0) is 11.8. The maximum Gasteiger partial charge on any atom is 0.330 e. The van der Waals surface area contributed by atoms with Gasteiger partial charge in [-0.2, -0.15) is 0 Å². The molecular formula is C12H14O4. The minimum atomic E-state index is -0.843. The summed E-state index contributed by atoms with van der Waals surface area (Å²) in [5, 5.41) is 9.42. The Morgan fingerprint density at radius 3 is 2.69 bits per heavy atom. The van der Waals surface area contributed by atoms with Gasteiger partial charge in [0.15, 0.2) is 0 Å². The largest absolute Gasteiger partial charge is 0.491 e. The van der Waals surface area contributed by atoms with Crippen molar-refractivity contribution in [2.45, 2.75) is 6.10 Å². The van der Waals surface area contributed by atoms with Crippen LogP contribution in [0.15, 0.2) is 43.0 Å². The number of esters is 1. The van der Waals surface area contributed by atoms with Gasteiger partial charge in [0.25, 0.3) is 0 Å². The highest BCUT2D eigenvalue weighted by molar-refractivity contribution is 5.81. The number of carbonyl (C=O) groups is 1. The Balaban J connectivity index is 2.22. The van der Waals surface area contributed by atoms with Gasteiger partial charge in [0, 0.05) is 6.08 Å². The summed E-state index contributed by atoms with van der Waals surface area (Å²) in [6.07, 6.45) is 0.203. The summed E-state index contributed by atoms with van der Waals surface area (Å²) in [4.78, 5) is 10.7. The van der Waals surface area contributed by atoms with Crippen molar-refractivity contribution < 1.29 is 19.4 Å². The van der Waals surface area contributed by atoms with E-state index < -0.39 is 12.1 Å². The predicted molar refractivity (Wildman–Crippen MR) is 59.1 cm³/mol. The van der Waals surface area contributed by atoms with E-state index in [1.165, 1.54) is 0 Å². The van der Waals surface area contributed by atoms with E-state index in [0.717, 1.165) is 6.08 Å². The van der Waals surface area contributed by atoms with Crippen LogP contribution in [-0.4, -0.2) is 30.4 Å². The van der Waals surface area contributed by atoms with E-state index in [-0.39, 0.29) is 13.2 Å². The lowest BCUT2D eigenvalue weighted by molar-refractivity contribution is -0.141. The third kappa shape index (κ3) is 4.61. The number of hydrogen-bond donors (Lipinski definition) is 1. The lowest BCUT2D eigenvalue weighted by Gasteiger charge is -2.11. The topological polar surface area (TPSA) is 55.8 Å². The second-order valence-corrected chi connectivity index (χ2v) is 3.11. The molecule has 0 heterocycles. The van der Waals surface area contributed by atoms with Crippen molar-refractivity contribution in [2.75, 3.05) is 13.2 Å². The molecule has 0 saturated heterocycles. The zero-order valence-corrected chi connectivity index (χ0v) is 8.83. The number of carbonyl (C=O) groups excluding carboxylic acids is 1. The van der Waals surface area contributed by atoms with Gasteiger partial charge in [-0.3, -0.25) is 0 Å². The lowest BCUT2D eigenvalue weighted by Crippen LogP contribution is -2.24. The summed E-state index contributed by atoms with van der Waals surface area (Å²) < 4.78 is 9.92. The van der Waals surface area contributed by atoms with E-state index in [2.05, 4.69) is 11.3 Å². The van der Waals surface area contributed by atoms with Crippen molar-refractivity contribution in [2.24, 2.45) is 0 Å². The molecule has 4 nitrogen and oxygen atoms in total. The summed E-state index contributed by atoms with van der Waals surface area (Å²) in [7, 11) is 0. The van der Waals surface area contributed by atoms with Gasteiger partial charge < -0.3 is 14.6 Å². The number of ether oxygens (including phenoxy) is 2. The van der Waals surface area contributed by atoms with E-state index in [1.807, 2.05) is 18.2 Å². The SMILES string of the molecule is C=CC(=O)OC[C@H](O)COc1ccccc1. The molecule has 0 spiro atoms. The lowest BCUT2D eigenvalue weighted by atomic mass is 10.3. The summed E-state index contributed by atoms with van der Waals surface area (Å²) in [6.45, 7) is 3.22. The molecule has 0 aromatic heterocycles. The van der Waals surface area contributed by atoms with Gasteiger partial charge in [0.05, 0.1) is 0 Å². The van der Waals surface area contributed by atoms with Crippen molar-refractivity contribution in [3.05, 3.63) is 43.0 Å². The molecule has 0 radical (unpaired) electrons. The molecular weight excluding hydrogens is 208 g/mol. The number of para-hydroxylation sites is 1. The summed E-state index contributed by atoms with van der Waals surface area (Å²) >= 11 is 0. The zero-order valence-electron chi connectivity index (χ0n) is 8.83. The van der Waals surface area contributed by atoms with Crippen LogP contribution in [0.25, 0.3) is 0 Å². The molecule has 0 aliphatic carbocycles. The standard InChI is InChI=1S/C12H14O4/c1-2-12(14)16-9-10(13)8-15-11-6-4-3-5-7-11/h2-7,10,13H,1,8-9H2/t10-/m1/s1. The minimum Gasteiger partial charge on any atom is -0.491 e. The fourth-order valence-electron chi connectivity index (χ4n) is 0.995. The van der Waals surface area contributed by atoms with E-state index in [4.69, 9.17) is 4.74 Å². The van der Waals surface area contributed by atoms with E-state index in [1.54, 1.807) is 12.1 Å². The Bertz CT molecular complexity index is 334. The van der Waals surface area contributed by atoms with Crippen LogP contribution in [0, 0.1) is 0 Å². The van der Waals surface area contributed by atoms with Crippen molar-refractivity contribution in [3.8, 4) is 5.75 Å². The summed E-state index contributed by atoms with van der Waals surface area (Å²) in [6, 6.07) is 9.10. The highest BCUT2D eigenvalue weighted by atomic mass is 16.5. The van der Waals surface area contributed by atoms with Crippen molar-refractivity contribution >= 4 is 5.97 Å². The molecule has 4 heteroatoms. The van der Waals surface area contributed by atoms with Gasteiger partial charge in [0.2, 0.25) is 0 Å². The van der Waals surface area contributed by atoms with Gasteiger partial charge >= 0.3 is 5.97 Å². The molecule has 1 aromatic carbocycles. The van der Waals surface area contributed by atoms with Crippen molar-refractivity contribution in [3.63, 3.8) is 0 Å². The first-order valence-corrected chi connectivity index (χ1v) is 4.87. The van der Waals surface area contributed by atoms with Crippen molar-refractivity contribution in [1.82, 2.24) is 0 Å². The second kappa shape index (κ2) is 6.63. The van der Waals surface area contributed by atoms with Gasteiger partial charge in [0.1, 0.15) is 25.1 Å². The Hall–Kier alpha value is -1.81. The molecule has 16 heavy (non-hydrogen) atoms. The van der Waals surface area contributed by atoms with Crippen LogP contribution in [0.1, 0.15) is 0 Å². The molecule has 0 unspecified atom stereocenters. The predicted octanol–water partition coefficient (Wildman–Crippen LogP) is 1.16. The number of hydrogen-bond acceptors (Lipinski definition) is 4. The Kier molecular flexibility index (Phi) is 5.08. The average Bonchev–Trinajstić information content (AvgIpc) is 2.34. The first-order valence-electron chi connectivity index (χ1n) is 4.87. The number of aliphatic hydroxyl groups excluding tert-OH is 1. The fraction of sp³-hybridized carbons (Fsp3) is 0.250. The Morgan fingerprint density at radius 1 is 1.38 bits per heavy atom. The second-order valence-electron chi connectivity index (χ2n) is 3.11. The smallest absolute Gasteiger partial charge is 0.330 e. The molecule has 0 aliphatic rings. The minimum absolute atomic E-state index is 0.0778. The molecule has 0 amide bonds. The van der Waals surface area contributed by atoms with Gasteiger partial charge in [-0.1, -0.05) is 24.8 Å². The number of rotatable bonds is 6. The number of aliphatic hydroxyl groups is 1. The van der Waals surface area contributed by atoms with Gasteiger partial charge in [-0.05, 0) is 12.1 Å². The van der Waals surface area contributed by atoms with Gasteiger partial charge in [-0.15, -0.1) is 0 Å². The first-order chi connectivity index (χ1) is 7.72. The van der Waals surface area contributed by atoms with Gasteiger partial charge in [-0.25, -0.2) is 4.79 Å². The quantitative estimate of drug-likeness (QED) is 0.579. The molecule has 0 fully saturated rings. The molecule has 1 atom stereocenters. The third-order valence-electron chi connectivity index (χ3n) is 1.77. The molecule has 1 rings (SSSR count). The normalized spacial score (nSPS) is 11.6. The van der Waals surface area contributed by atoms with Crippen LogP contribution >= 0.6 is 0 Å². The summed E-state index contributed by atoms with van der Waals surface area (Å²) in [5.74, 6) is 0.107. The van der Waals surface area contributed by atoms with Crippen LogP contribution in [0.5, 0.6) is 5.75 Å². The van der Waals surface area contributed by atoms with Crippen LogP contribution < -0.4 is 4.74 Å². The van der Waals surface area contributed by atoms with Crippen molar-refractivity contribution in [1.29, 1.82) is 0 Å². The first kappa shape index (κ1) is 12.3. The molecule has 1 aromatic rings. The molecule has 0 bridgehead atoms. The molecule has 1 N–H and O–H groups in total.